The van der Waals surface area contributed by atoms with Gasteiger partial charge >= 0.3 is 206 Å². The average Bonchev–Trinajstić information content (AvgIpc) is 3.60. The van der Waals surface area contributed by atoms with E-state index in [1.165, 1.54) is 12.4 Å². The van der Waals surface area contributed by atoms with Crippen molar-refractivity contribution < 1.29 is 40.9 Å². The third kappa shape index (κ3) is 4.85. The molecule has 1 unspecified atom stereocenters. The van der Waals surface area contributed by atoms with Crippen LogP contribution in [0.1, 0.15) is 36.7 Å². The molecular formula is C21H23FN7O4Zn. The summed E-state index contributed by atoms with van der Waals surface area (Å²) in [6.45, 7) is 1.50. The number of hydrogen-bond acceptors (Lipinski definition) is 10. The summed E-state index contributed by atoms with van der Waals surface area (Å²) in [5.74, 6) is -1.67. The van der Waals surface area contributed by atoms with E-state index in [9.17, 15) is 14.0 Å². The van der Waals surface area contributed by atoms with E-state index in [4.69, 9.17) is 8.30 Å². The van der Waals surface area contributed by atoms with Crippen LogP contribution in [0.4, 0.5) is 21.6 Å². The number of anilines is 3. The third-order valence-electron chi connectivity index (χ3n) is 5.37. The molecule has 11 nitrogen and oxygen atoms in total. The Bertz CT molecular complexity index is 1100. The van der Waals surface area contributed by atoms with Gasteiger partial charge in [0.2, 0.25) is 0 Å². The summed E-state index contributed by atoms with van der Waals surface area (Å²) < 4.78 is 24.7. The number of para-hydroxylation sites is 2. The first kappa shape index (κ1) is 24.0. The summed E-state index contributed by atoms with van der Waals surface area (Å²) in [6.07, 6.45) is 2.94. The Morgan fingerprint density at radius 2 is 2.09 bits per heavy atom. The van der Waals surface area contributed by atoms with E-state index in [-0.39, 0.29) is 54.1 Å². The molecule has 3 N–H and O–H groups in total. The number of rotatable bonds is 10. The van der Waals surface area contributed by atoms with Crippen molar-refractivity contribution in [3.8, 4) is 5.75 Å². The van der Waals surface area contributed by atoms with Crippen molar-refractivity contribution in [2.24, 2.45) is 10.9 Å². The summed E-state index contributed by atoms with van der Waals surface area (Å²) in [5, 5.41) is 10.8. The predicted octanol–water partition coefficient (Wildman–Crippen LogP) is 2.13. The first-order chi connectivity index (χ1) is 16.5. The van der Waals surface area contributed by atoms with Crippen LogP contribution in [0.5, 0.6) is 5.75 Å². The SMILES string of the molecule is CCOc1ccccc1N(c1cc(NC(=O)C2CC2)nnc1C(=O)[O][Zn])C1(CCF)N=CNN1. The summed E-state index contributed by atoms with van der Waals surface area (Å²) >= 11 is 0.239. The van der Waals surface area contributed by atoms with Gasteiger partial charge in [0.1, 0.15) is 0 Å². The summed E-state index contributed by atoms with van der Waals surface area (Å²) in [7, 11) is 0. The van der Waals surface area contributed by atoms with Crippen LogP contribution in [0, 0.1) is 5.92 Å². The number of hydrogen-bond donors (Lipinski definition) is 3. The van der Waals surface area contributed by atoms with E-state index in [0.29, 0.717) is 18.0 Å². The molecule has 1 aliphatic heterocycles. The molecule has 1 fully saturated rings. The number of benzene rings is 1. The Labute approximate surface area is 205 Å². The molecule has 1 aliphatic carbocycles. The number of hydrazine groups is 1. The second-order valence-corrected chi connectivity index (χ2v) is 8.28. The number of carbonyl (C=O) groups is 2. The second kappa shape index (κ2) is 10.4. The predicted molar refractivity (Wildman–Crippen MR) is 117 cm³/mol. The Morgan fingerprint density at radius 3 is 2.74 bits per heavy atom. The molecule has 4 rings (SSSR count). The molecule has 1 aromatic carbocycles. The maximum atomic E-state index is 13.8. The van der Waals surface area contributed by atoms with E-state index in [1.807, 2.05) is 6.92 Å². The Morgan fingerprint density at radius 1 is 1.29 bits per heavy atom. The number of aromatic nitrogens is 2. The van der Waals surface area contributed by atoms with E-state index < -0.39 is 18.4 Å². The van der Waals surface area contributed by atoms with Crippen LogP contribution in [0.3, 0.4) is 0 Å². The molecule has 175 valence electrons. The minimum atomic E-state index is -1.37. The first-order valence-corrected chi connectivity index (χ1v) is 12.0. The van der Waals surface area contributed by atoms with Gasteiger partial charge in [-0.25, -0.2) is 0 Å². The number of ether oxygens (including phenoxy) is 1. The number of halogens is 1. The van der Waals surface area contributed by atoms with Gasteiger partial charge in [0.05, 0.1) is 0 Å². The van der Waals surface area contributed by atoms with Crippen LogP contribution in [0.25, 0.3) is 0 Å². The number of nitrogens with zero attached hydrogens (tertiary/aromatic N) is 4. The summed E-state index contributed by atoms with van der Waals surface area (Å²) in [5.41, 5.74) is 6.39. The molecule has 1 amide bonds. The first-order valence-electron chi connectivity index (χ1n) is 10.8. The molecule has 1 atom stereocenters. The zero-order valence-corrected chi connectivity index (χ0v) is 21.6. The molecule has 2 aliphatic rings. The molecule has 1 saturated carbocycles. The molecule has 0 saturated heterocycles. The fourth-order valence-corrected chi connectivity index (χ4v) is 3.94. The fraction of sp³-hybridized carbons (Fsp3) is 0.381. The van der Waals surface area contributed by atoms with Crippen LogP contribution in [0.2, 0.25) is 0 Å². The van der Waals surface area contributed by atoms with E-state index >= 15 is 0 Å². The van der Waals surface area contributed by atoms with Gasteiger partial charge in [0.25, 0.3) is 0 Å². The van der Waals surface area contributed by atoms with Crippen molar-refractivity contribution in [3.05, 3.63) is 36.0 Å². The van der Waals surface area contributed by atoms with Gasteiger partial charge in [-0.05, 0) is 0 Å². The molecule has 0 bridgehead atoms. The molecule has 2 heterocycles. The van der Waals surface area contributed by atoms with Crippen molar-refractivity contribution in [3.63, 3.8) is 0 Å². The van der Waals surface area contributed by atoms with Crippen molar-refractivity contribution in [2.45, 2.75) is 32.0 Å². The number of aliphatic imine (C=N–C) groups is 1. The quantitative estimate of drug-likeness (QED) is 0.402. The van der Waals surface area contributed by atoms with Crippen molar-refractivity contribution >= 4 is 35.4 Å². The average molecular weight is 522 g/mol. The van der Waals surface area contributed by atoms with Crippen LogP contribution < -0.4 is 25.8 Å². The number of carbonyl (C=O) groups excluding carboxylic acids is 2. The van der Waals surface area contributed by atoms with Gasteiger partial charge in [-0.15, -0.1) is 0 Å². The van der Waals surface area contributed by atoms with Gasteiger partial charge in [-0.1, -0.05) is 0 Å². The maximum absolute atomic E-state index is 13.8. The van der Waals surface area contributed by atoms with Crippen LogP contribution in [-0.4, -0.2) is 47.5 Å². The van der Waals surface area contributed by atoms with E-state index in [1.54, 1.807) is 29.2 Å². The van der Waals surface area contributed by atoms with Crippen molar-refractivity contribution in [1.82, 2.24) is 21.0 Å². The zero-order valence-electron chi connectivity index (χ0n) is 18.6. The van der Waals surface area contributed by atoms with Gasteiger partial charge < -0.3 is 0 Å². The minimum absolute atomic E-state index is 0.0612. The number of amides is 1. The van der Waals surface area contributed by atoms with Crippen molar-refractivity contribution in [2.75, 3.05) is 23.5 Å². The zero-order chi connectivity index (χ0) is 24.1. The molecule has 2 aromatic rings. The molecule has 1 aromatic heterocycles. The van der Waals surface area contributed by atoms with Crippen molar-refractivity contribution in [1.29, 1.82) is 0 Å². The van der Waals surface area contributed by atoms with E-state index in [2.05, 4.69) is 31.4 Å². The number of alkyl halides is 1. The van der Waals surface area contributed by atoms with Gasteiger partial charge in [-0.3, -0.25) is 0 Å². The summed E-state index contributed by atoms with van der Waals surface area (Å²) in [4.78, 5) is 31.2. The van der Waals surface area contributed by atoms with Crippen LogP contribution in [0.15, 0.2) is 35.3 Å². The molecule has 34 heavy (non-hydrogen) atoms. The molecule has 0 radical (unpaired) electrons. The normalized spacial score (nSPS) is 18.8. The fourth-order valence-electron chi connectivity index (χ4n) is 3.65. The van der Waals surface area contributed by atoms with Crippen LogP contribution >= 0.6 is 0 Å². The molecule has 13 heteroatoms. The Kier molecular flexibility index (Phi) is 7.33. The summed E-state index contributed by atoms with van der Waals surface area (Å²) in [6, 6.07) is 8.62. The van der Waals surface area contributed by atoms with Crippen LogP contribution in [-0.2, 0) is 27.0 Å². The van der Waals surface area contributed by atoms with Gasteiger partial charge in [-0.2, -0.15) is 0 Å². The Balaban J connectivity index is 1.92. The second-order valence-electron chi connectivity index (χ2n) is 7.68. The molecule has 0 spiro atoms. The molecular weight excluding hydrogens is 499 g/mol. The topological polar surface area (TPSA) is 130 Å². The third-order valence-corrected chi connectivity index (χ3v) is 5.92. The van der Waals surface area contributed by atoms with Gasteiger partial charge in [0, 0.05) is 0 Å². The Hall–Kier alpha value is -3.18. The standard InChI is InChI=1S/C21H24FN7O4.Zn/c1-2-33-16-6-4-3-5-14(16)29(21(9-10-22)23-12-24-28-21)15-11-17(25-19(30)13-7-8-13)26-27-18(15)20(31)32;/h3-6,11-13,28H,2,7-10H2,1H3,(H,23,24)(H,31,32)(H,25,26,30);/q;+1/p-1. The monoisotopic (exact) mass is 520 g/mol. The van der Waals surface area contributed by atoms with E-state index in [0.717, 1.165) is 12.8 Å². The number of nitrogens with one attached hydrogen (secondary N) is 3. The van der Waals surface area contributed by atoms with Gasteiger partial charge in [0.15, 0.2) is 0 Å².